The summed E-state index contributed by atoms with van der Waals surface area (Å²) in [4.78, 5) is 27.0. The van der Waals surface area contributed by atoms with Crippen molar-refractivity contribution in [1.29, 1.82) is 0 Å². The highest BCUT2D eigenvalue weighted by Gasteiger charge is 2.29. The lowest BCUT2D eigenvalue weighted by Crippen LogP contribution is -2.49. The Hall–Kier alpha value is -1.30. The first-order chi connectivity index (χ1) is 8.45. The molecule has 1 aliphatic rings. The number of nitrogens with zero attached hydrogens (tertiary/aromatic N) is 2. The fourth-order valence-electron chi connectivity index (χ4n) is 2.05. The van der Waals surface area contributed by atoms with Crippen molar-refractivity contribution < 1.29 is 14.7 Å². The summed E-state index contributed by atoms with van der Waals surface area (Å²) in [5.41, 5.74) is 0. The second-order valence-electron chi connectivity index (χ2n) is 5.05. The molecule has 1 aliphatic heterocycles. The quantitative estimate of drug-likeness (QED) is 0.740. The summed E-state index contributed by atoms with van der Waals surface area (Å²) in [5.74, 6) is -0.246. The Labute approximate surface area is 108 Å². The number of likely N-dealkylation sites (tertiary alicyclic amines) is 1. The van der Waals surface area contributed by atoms with Crippen LogP contribution in [-0.2, 0) is 4.79 Å². The monoisotopic (exact) mass is 257 g/mol. The van der Waals surface area contributed by atoms with Crippen molar-refractivity contribution in [3.63, 3.8) is 0 Å². The lowest BCUT2D eigenvalue weighted by Gasteiger charge is -2.34. The molecule has 6 heteroatoms. The molecule has 1 fully saturated rings. The zero-order valence-electron chi connectivity index (χ0n) is 11.3. The van der Waals surface area contributed by atoms with Gasteiger partial charge in [0.25, 0.3) is 0 Å². The molecule has 18 heavy (non-hydrogen) atoms. The SMILES string of the molecule is C[C@H](CO)NC(=O)C1CCCN(C(=O)N(C)C)C1. The van der Waals surface area contributed by atoms with E-state index in [1.807, 2.05) is 0 Å². The van der Waals surface area contributed by atoms with Crippen LogP contribution in [0.3, 0.4) is 0 Å². The standard InChI is InChI=1S/C12H23N3O3/c1-9(8-16)13-11(17)10-5-4-6-15(7-10)12(18)14(2)3/h9-10,16H,4-8H2,1-3H3,(H,13,17)/t9-,10?/m1/s1. The lowest BCUT2D eigenvalue weighted by molar-refractivity contribution is -0.127. The summed E-state index contributed by atoms with van der Waals surface area (Å²) >= 11 is 0. The summed E-state index contributed by atoms with van der Waals surface area (Å²) in [5, 5.41) is 11.7. The third-order valence-electron chi connectivity index (χ3n) is 3.11. The van der Waals surface area contributed by atoms with Gasteiger partial charge in [0.2, 0.25) is 5.91 Å². The summed E-state index contributed by atoms with van der Waals surface area (Å²) in [6.07, 6.45) is 1.63. The second-order valence-corrected chi connectivity index (χ2v) is 5.05. The number of urea groups is 1. The van der Waals surface area contributed by atoms with E-state index in [1.54, 1.807) is 25.9 Å². The first-order valence-electron chi connectivity index (χ1n) is 6.33. The van der Waals surface area contributed by atoms with E-state index in [-0.39, 0.29) is 30.5 Å². The molecule has 1 unspecified atom stereocenters. The van der Waals surface area contributed by atoms with Crippen molar-refractivity contribution in [1.82, 2.24) is 15.1 Å². The molecular weight excluding hydrogens is 234 g/mol. The number of nitrogens with one attached hydrogen (secondary N) is 1. The maximum Gasteiger partial charge on any atom is 0.319 e. The molecule has 0 spiro atoms. The summed E-state index contributed by atoms with van der Waals surface area (Å²) in [6.45, 7) is 2.85. The van der Waals surface area contributed by atoms with Gasteiger partial charge < -0.3 is 20.2 Å². The van der Waals surface area contributed by atoms with Gasteiger partial charge in [-0.25, -0.2) is 4.79 Å². The Morgan fingerprint density at radius 1 is 1.50 bits per heavy atom. The van der Waals surface area contributed by atoms with E-state index in [4.69, 9.17) is 5.11 Å². The van der Waals surface area contributed by atoms with Crippen LogP contribution in [0.5, 0.6) is 0 Å². The number of carbonyl (C=O) groups is 2. The fourth-order valence-corrected chi connectivity index (χ4v) is 2.05. The molecule has 3 amide bonds. The number of hydrogen-bond acceptors (Lipinski definition) is 3. The molecule has 104 valence electrons. The van der Waals surface area contributed by atoms with E-state index in [0.29, 0.717) is 13.1 Å². The van der Waals surface area contributed by atoms with Gasteiger partial charge in [0, 0.05) is 33.2 Å². The number of rotatable bonds is 3. The fraction of sp³-hybridized carbons (Fsp3) is 0.833. The van der Waals surface area contributed by atoms with Gasteiger partial charge in [0.1, 0.15) is 0 Å². The average molecular weight is 257 g/mol. The Morgan fingerprint density at radius 2 is 2.17 bits per heavy atom. The second kappa shape index (κ2) is 6.58. The van der Waals surface area contributed by atoms with E-state index >= 15 is 0 Å². The van der Waals surface area contributed by atoms with Crippen molar-refractivity contribution in [2.45, 2.75) is 25.8 Å². The first-order valence-corrected chi connectivity index (χ1v) is 6.33. The van der Waals surface area contributed by atoms with E-state index in [0.717, 1.165) is 12.8 Å². The van der Waals surface area contributed by atoms with Gasteiger partial charge in [-0.15, -0.1) is 0 Å². The zero-order chi connectivity index (χ0) is 13.7. The molecule has 2 N–H and O–H groups in total. The van der Waals surface area contributed by atoms with Crippen molar-refractivity contribution in [2.75, 3.05) is 33.8 Å². The van der Waals surface area contributed by atoms with Crippen LogP contribution >= 0.6 is 0 Å². The number of aliphatic hydroxyl groups excluding tert-OH is 1. The Kier molecular flexibility index (Phi) is 5.40. The maximum atomic E-state index is 11.9. The minimum Gasteiger partial charge on any atom is -0.394 e. The predicted octanol–water partition coefficient (Wildman–Crippen LogP) is -0.123. The van der Waals surface area contributed by atoms with E-state index in [9.17, 15) is 9.59 Å². The molecule has 0 aromatic rings. The topological polar surface area (TPSA) is 72.9 Å². The molecule has 0 aromatic carbocycles. The largest absolute Gasteiger partial charge is 0.394 e. The highest BCUT2D eigenvalue weighted by molar-refractivity contribution is 5.81. The van der Waals surface area contributed by atoms with Crippen molar-refractivity contribution in [3.05, 3.63) is 0 Å². The number of amides is 3. The third-order valence-corrected chi connectivity index (χ3v) is 3.11. The summed E-state index contributed by atoms with van der Waals surface area (Å²) < 4.78 is 0. The minimum atomic E-state index is -0.238. The average Bonchev–Trinajstić information content (AvgIpc) is 2.37. The van der Waals surface area contributed by atoms with Gasteiger partial charge in [0.15, 0.2) is 0 Å². The summed E-state index contributed by atoms with van der Waals surface area (Å²) in [7, 11) is 3.42. The highest BCUT2D eigenvalue weighted by atomic mass is 16.3. The van der Waals surface area contributed by atoms with Gasteiger partial charge in [-0.2, -0.15) is 0 Å². The molecule has 0 aromatic heterocycles. The zero-order valence-corrected chi connectivity index (χ0v) is 11.3. The van der Waals surface area contributed by atoms with Gasteiger partial charge >= 0.3 is 6.03 Å². The van der Waals surface area contributed by atoms with Crippen LogP contribution in [0.25, 0.3) is 0 Å². The van der Waals surface area contributed by atoms with Crippen molar-refractivity contribution in [2.24, 2.45) is 5.92 Å². The van der Waals surface area contributed by atoms with E-state index in [1.165, 1.54) is 4.90 Å². The molecule has 6 nitrogen and oxygen atoms in total. The number of hydrogen-bond donors (Lipinski definition) is 2. The van der Waals surface area contributed by atoms with Crippen LogP contribution in [0.1, 0.15) is 19.8 Å². The van der Waals surface area contributed by atoms with Crippen molar-refractivity contribution in [3.8, 4) is 0 Å². The number of carbonyl (C=O) groups excluding carboxylic acids is 2. The normalized spacial score (nSPS) is 21.3. The van der Waals surface area contributed by atoms with Crippen LogP contribution in [0, 0.1) is 5.92 Å². The van der Waals surface area contributed by atoms with Crippen molar-refractivity contribution >= 4 is 11.9 Å². The first kappa shape index (κ1) is 14.8. The molecule has 0 aliphatic carbocycles. The van der Waals surface area contributed by atoms with Crippen LogP contribution < -0.4 is 5.32 Å². The Bertz CT molecular complexity index is 307. The molecule has 0 saturated carbocycles. The van der Waals surface area contributed by atoms with Gasteiger partial charge in [-0.1, -0.05) is 0 Å². The molecule has 0 bridgehead atoms. The van der Waals surface area contributed by atoms with Gasteiger partial charge in [-0.05, 0) is 19.8 Å². The molecule has 0 radical (unpaired) electrons. The highest BCUT2D eigenvalue weighted by Crippen LogP contribution is 2.17. The number of aliphatic hydroxyl groups is 1. The third kappa shape index (κ3) is 3.87. The van der Waals surface area contributed by atoms with Gasteiger partial charge in [0.05, 0.1) is 12.5 Å². The molecule has 1 saturated heterocycles. The Balaban J connectivity index is 2.53. The predicted molar refractivity (Wildman–Crippen MR) is 68.1 cm³/mol. The smallest absolute Gasteiger partial charge is 0.319 e. The molecule has 1 heterocycles. The van der Waals surface area contributed by atoms with Gasteiger partial charge in [-0.3, -0.25) is 4.79 Å². The van der Waals surface area contributed by atoms with Crippen LogP contribution in [0.15, 0.2) is 0 Å². The Morgan fingerprint density at radius 3 is 2.72 bits per heavy atom. The van der Waals surface area contributed by atoms with E-state index < -0.39 is 0 Å². The lowest BCUT2D eigenvalue weighted by atomic mass is 9.97. The molecular formula is C12H23N3O3. The van der Waals surface area contributed by atoms with Crippen LogP contribution in [0.2, 0.25) is 0 Å². The van der Waals surface area contributed by atoms with Crippen LogP contribution in [-0.4, -0.2) is 66.7 Å². The minimum absolute atomic E-state index is 0.0530. The number of piperidine rings is 1. The molecule has 2 atom stereocenters. The summed E-state index contributed by atoms with van der Waals surface area (Å²) in [6, 6.07) is -0.292. The maximum absolute atomic E-state index is 11.9. The van der Waals surface area contributed by atoms with Crippen LogP contribution in [0.4, 0.5) is 4.79 Å². The van der Waals surface area contributed by atoms with E-state index in [2.05, 4.69) is 5.32 Å². The molecule has 1 rings (SSSR count).